The van der Waals surface area contributed by atoms with Crippen LogP contribution in [0.15, 0.2) is 0 Å². The Kier molecular flexibility index (Phi) is 53.7. The number of amides is 2. The first kappa shape index (κ1) is 88.9. The van der Waals surface area contributed by atoms with Crippen molar-refractivity contribution in [1.82, 2.24) is 10.6 Å². The van der Waals surface area contributed by atoms with Crippen molar-refractivity contribution in [3.05, 3.63) is 0 Å². The van der Waals surface area contributed by atoms with Gasteiger partial charge < -0.3 is 63.7 Å². The Hall–Kier alpha value is -3.08. The maximum atomic E-state index is 14.7. The molecule has 0 bridgehead atoms. The zero-order chi connectivity index (χ0) is 69.7. The lowest BCUT2D eigenvalue weighted by Gasteiger charge is -2.45. The average molecular weight is 1390 g/mol. The van der Waals surface area contributed by atoms with Crippen LogP contribution in [0.25, 0.3) is 0 Å². The summed E-state index contributed by atoms with van der Waals surface area (Å²) in [7, 11) is -10.8. The minimum absolute atomic E-state index is 0.0992. The molecule has 552 valence electrons. The van der Waals surface area contributed by atoms with Crippen molar-refractivity contribution in [2.24, 2.45) is 0 Å². The van der Waals surface area contributed by atoms with Crippen molar-refractivity contribution in [3.63, 3.8) is 0 Å². The van der Waals surface area contributed by atoms with Gasteiger partial charge in [0, 0.05) is 19.3 Å². The van der Waals surface area contributed by atoms with E-state index in [1.165, 1.54) is 38.5 Å². The van der Waals surface area contributed by atoms with Crippen LogP contribution in [0.3, 0.4) is 0 Å². The van der Waals surface area contributed by atoms with E-state index in [0.29, 0.717) is 51.4 Å². The Morgan fingerprint density at radius 3 is 1.14 bits per heavy atom. The monoisotopic (exact) mass is 1380 g/mol. The Morgan fingerprint density at radius 2 is 0.777 bits per heavy atom. The predicted octanol–water partition coefficient (Wildman–Crippen LogP) is 14.6. The molecule has 94 heavy (non-hydrogen) atoms. The van der Waals surface area contributed by atoms with Crippen molar-refractivity contribution in [2.75, 3.05) is 19.8 Å². The summed E-state index contributed by atoms with van der Waals surface area (Å²) < 4.78 is 71.5. The Morgan fingerprint density at radius 1 is 0.426 bits per heavy atom. The Bertz CT molecular complexity index is 2060. The van der Waals surface area contributed by atoms with Gasteiger partial charge in [0.2, 0.25) is 11.8 Å². The van der Waals surface area contributed by atoms with E-state index in [4.69, 9.17) is 37.5 Å². The smallest absolute Gasteiger partial charge is 0.462 e. The number of esters is 4. The molecule has 1 rings (SSSR count). The van der Waals surface area contributed by atoms with E-state index in [9.17, 15) is 62.6 Å². The van der Waals surface area contributed by atoms with Crippen LogP contribution in [0.1, 0.15) is 330 Å². The molecule has 0 saturated carbocycles. The normalized spacial score (nSPS) is 18.0. The van der Waals surface area contributed by atoms with Crippen molar-refractivity contribution < 1.29 is 100 Å². The number of rotatable bonds is 63. The third-order valence-corrected chi connectivity index (χ3v) is 17.9. The summed E-state index contributed by atoms with van der Waals surface area (Å²) >= 11 is 0. The van der Waals surface area contributed by atoms with Gasteiger partial charge in [-0.3, -0.25) is 37.8 Å². The molecule has 1 aliphatic heterocycles. The van der Waals surface area contributed by atoms with Crippen LogP contribution in [0.4, 0.5) is 0 Å². The van der Waals surface area contributed by atoms with E-state index in [0.717, 1.165) is 154 Å². The van der Waals surface area contributed by atoms with Crippen molar-refractivity contribution in [2.45, 2.75) is 385 Å². The van der Waals surface area contributed by atoms with E-state index in [2.05, 4.69) is 31.4 Å². The van der Waals surface area contributed by atoms with E-state index in [-0.39, 0.29) is 32.1 Å². The topological polar surface area (TPSA) is 336 Å². The zero-order valence-corrected chi connectivity index (χ0v) is 60.6. The summed E-state index contributed by atoms with van der Waals surface area (Å²) in [6.07, 6.45) is 23.6. The van der Waals surface area contributed by atoms with Gasteiger partial charge in [-0.2, -0.15) is 0 Å². The first-order chi connectivity index (χ1) is 45.1. The molecule has 1 heterocycles. The highest BCUT2D eigenvalue weighted by atomic mass is 31.2. The van der Waals surface area contributed by atoms with Crippen molar-refractivity contribution in [1.29, 1.82) is 0 Å². The molecule has 0 aliphatic carbocycles. The molecule has 0 aromatic heterocycles. The largest absolute Gasteiger partial charge is 0.470 e. The van der Waals surface area contributed by atoms with Gasteiger partial charge >= 0.3 is 39.5 Å². The molecule has 1 fully saturated rings. The van der Waals surface area contributed by atoms with Crippen LogP contribution < -0.4 is 10.6 Å². The van der Waals surface area contributed by atoms with Crippen LogP contribution in [0.5, 0.6) is 0 Å². The second-order valence-corrected chi connectivity index (χ2v) is 28.3. The summed E-state index contributed by atoms with van der Waals surface area (Å²) in [5.41, 5.74) is 0. The number of carbonyl (C=O) groups excluding carboxylic acids is 6. The number of aliphatic hydroxyl groups excluding tert-OH is 1. The van der Waals surface area contributed by atoms with Crippen molar-refractivity contribution in [3.8, 4) is 0 Å². The maximum Gasteiger partial charge on any atom is 0.470 e. The number of aliphatic hydroxyl groups is 1. The number of phosphoric ester groups is 2. The first-order valence-corrected chi connectivity index (χ1v) is 39.9. The SMILES string of the molecule is CCCCCCCCCCC[C@H](CC(=O)NC1[C@H](OC[C@@H](COP(=O)(O)O)NC(=O)C[C@@H](CCCCCCCCCCC)OC(=O)CCCCC)OC(CO)[C@H](OP(=O)(O)O)[C@@H]1OC(=O)C[C@@H](CCCCCCCCCCC)OC(=O)CCCCC)OC(=O)CCCCC. The van der Waals surface area contributed by atoms with E-state index >= 15 is 0 Å². The van der Waals surface area contributed by atoms with Crippen molar-refractivity contribution >= 4 is 51.3 Å². The van der Waals surface area contributed by atoms with Gasteiger partial charge in [-0.15, -0.1) is 0 Å². The lowest BCUT2D eigenvalue weighted by atomic mass is 9.95. The van der Waals surface area contributed by atoms with Crippen LogP contribution in [-0.4, -0.2) is 135 Å². The summed E-state index contributed by atoms with van der Waals surface area (Å²) in [5.74, 6) is -4.08. The van der Waals surface area contributed by atoms with Gasteiger partial charge in [-0.05, 0) is 57.8 Å². The fraction of sp³-hybridized carbons (Fsp3) is 0.913. The number of hydrogen-bond acceptors (Lipinski definition) is 17. The molecule has 25 heteroatoms. The second-order valence-electron chi connectivity index (χ2n) is 25.9. The second kappa shape index (κ2) is 56.8. The maximum absolute atomic E-state index is 14.7. The number of carbonyl (C=O) groups is 6. The minimum atomic E-state index is -5.57. The molecule has 2 amide bonds. The van der Waals surface area contributed by atoms with Gasteiger partial charge in [0.15, 0.2) is 12.4 Å². The number of hydrogen-bond donors (Lipinski definition) is 7. The average Bonchev–Trinajstić information content (AvgIpc) is 0.789. The van der Waals surface area contributed by atoms with Gasteiger partial charge in [0.25, 0.3) is 0 Å². The molecular formula is C69H130N2O21P2. The lowest BCUT2D eigenvalue weighted by Crippen LogP contribution is -2.66. The summed E-state index contributed by atoms with van der Waals surface area (Å²) in [5, 5.41) is 16.3. The molecule has 23 nitrogen and oxygen atoms in total. The molecule has 0 spiro atoms. The minimum Gasteiger partial charge on any atom is -0.462 e. The molecule has 0 aromatic carbocycles. The first-order valence-electron chi connectivity index (χ1n) is 36.8. The summed E-state index contributed by atoms with van der Waals surface area (Å²) in [6.45, 7) is 9.85. The van der Waals surface area contributed by atoms with E-state index in [1.54, 1.807) is 0 Å². The number of unbranched alkanes of at least 4 members (excludes halogenated alkanes) is 30. The highest BCUT2D eigenvalue weighted by Gasteiger charge is 2.52. The quantitative estimate of drug-likeness (QED) is 0.0129. The number of ether oxygens (including phenoxy) is 6. The predicted molar refractivity (Wildman–Crippen MR) is 362 cm³/mol. The van der Waals surface area contributed by atoms with Gasteiger partial charge in [-0.25, -0.2) is 9.13 Å². The molecule has 9 atom stereocenters. The van der Waals surface area contributed by atoms with Crippen LogP contribution in [-0.2, 0) is 75.4 Å². The van der Waals surface area contributed by atoms with Gasteiger partial charge in [-0.1, -0.05) is 234 Å². The molecule has 1 aliphatic rings. The van der Waals surface area contributed by atoms with Crippen LogP contribution in [0, 0.1) is 0 Å². The third kappa shape index (κ3) is 48.6. The standard InChI is InChI=1S/C69H130N2O21P2/c1-7-13-19-22-25-28-31-34-40-43-56(87-62(75)46-37-16-10-4)49-60(73)70-55(54-86-93(79,80)81)53-85-69-66(71-61(74)50-57(88-63(76)47-38-17-11-5)44-41-35-32-29-26-23-20-14-8-2)68(67(59(52-72)90-69)92-94(82,83)84)91-65(78)51-58(89-64(77)48-39-18-12-6)45-42-36-33-30-27-24-21-15-9-3/h55-59,66-69,72H,7-54H2,1-6H3,(H,70,73)(H,71,74)(H2,79,80,81)(H2,82,83,84)/t55-,56+,57+,58+,59?,66?,67-,68+,69+/m0/s1. The molecule has 0 radical (unpaired) electrons. The molecule has 7 N–H and O–H groups in total. The molecule has 0 aromatic rings. The van der Waals surface area contributed by atoms with Gasteiger partial charge in [0.1, 0.15) is 36.6 Å². The fourth-order valence-electron chi connectivity index (χ4n) is 11.6. The third-order valence-electron chi connectivity index (χ3n) is 16.9. The van der Waals surface area contributed by atoms with Crippen LogP contribution >= 0.6 is 15.6 Å². The number of phosphoric acid groups is 2. The van der Waals surface area contributed by atoms with Crippen LogP contribution in [0.2, 0.25) is 0 Å². The van der Waals surface area contributed by atoms with E-state index in [1.807, 2.05) is 20.8 Å². The fourth-order valence-corrected chi connectivity index (χ4v) is 12.5. The number of nitrogens with one attached hydrogen (secondary N) is 2. The van der Waals surface area contributed by atoms with Gasteiger partial charge in [0.05, 0.1) is 45.1 Å². The zero-order valence-electron chi connectivity index (χ0n) is 58.8. The Labute approximate surface area is 565 Å². The highest BCUT2D eigenvalue weighted by Crippen LogP contribution is 2.43. The Balaban J connectivity index is 3.89. The lowest BCUT2D eigenvalue weighted by molar-refractivity contribution is -0.272. The molecular weight excluding hydrogens is 1250 g/mol. The van der Waals surface area contributed by atoms with E-state index < -0.39 is 139 Å². The highest BCUT2D eigenvalue weighted by molar-refractivity contribution is 7.46. The molecule has 2 unspecified atom stereocenters. The summed E-state index contributed by atoms with van der Waals surface area (Å²) in [6, 6.07) is -3.21. The molecule has 1 saturated heterocycles. The summed E-state index contributed by atoms with van der Waals surface area (Å²) in [4.78, 5) is 123.